The summed E-state index contributed by atoms with van der Waals surface area (Å²) in [6, 6.07) is 8.65. The van der Waals surface area contributed by atoms with Crippen LogP contribution in [0.15, 0.2) is 24.3 Å². The van der Waals surface area contributed by atoms with Gasteiger partial charge >= 0.3 is 0 Å². The molecule has 0 atom stereocenters. The van der Waals surface area contributed by atoms with Crippen molar-refractivity contribution in [1.82, 2.24) is 9.80 Å². The Bertz CT molecular complexity index is 909. The number of ether oxygens (including phenoxy) is 1. The molecule has 7 heteroatoms. The summed E-state index contributed by atoms with van der Waals surface area (Å²) < 4.78 is 34.0. The second kappa shape index (κ2) is 8.08. The predicted octanol–water partition coefficient (Wildman–Crippen LogP) is 5.17. The lowest BCUT2D eigenvalue weighted by Crippen LogP contribution is -2.46. The number of rotatable bonds is 4. The topological polar surface area (TPSA) is 32.8 Å². The molecule has 2 saturated heterocycles. The van der Waals surface area contributed by atoms with Crippen LogP contribution < -0.4 is 4.74 Å². The third-order valence-corrected chi connectivity index (χ3v) is 7.94. The number of hydrogen-bond acceptors (Lipinski definition) is 4. The molecular weight excluding hydrogens is 406 g/mol. The molecule has 2 aliphatic heterocycles. The van der Waals surface area contributed by atoms with Gasteiger partial charge in [-0.25, -0.2) is 8.78 Å². The number of halogens is 2. The van der Waals surface area contributed by atoms with Crippen LogP contribution in [0, 0.1) is 0 Å². The zero-order chi connectivity index (χ0) is 20.7. The van der Waals surface area contributed by atoms with E-state index >= 15 is 0 Å². The van der Waals surface area contributed by atoms with E-state index in [1.165, 1.54) is 30.6 Å². The Kier molecular flexibility index (Phi) is 5.44. The number of piperidine rings is 2. The Balaban J connectivity index is 1.21. The van der Waals surface area contributed by atoms with Crippen LogP contribution in [0.3, 0.4) is 0 Å². The number of benzene rings is 1. The average molecular weight is 435 g/mol. The van der Waals surface area contributed by atoms with Gasteiger partial charge in [-0.2, -0.15) is 0 Å². The van der Waals surface area contributed by atoms with Gasteiger partial charge in [0.05, 0.1) is 4.88 Å². The fraction of sp³-hybridized carbons (Fsp3) is 0.609. The summed E-state index contributed by atoms with van der Waals surface area (Å²) in [6.07, 6.45) is 5.93. The number of carbonyl (C=O) groups excluding carboxylic acids is 1. The minimum Gasteiger partial charge on any atom is -0.490 e. The fourth-order valence-corrected chi connectivity index (χ4v) is 5.75. The quantitative estimate of drug-likeness (QED) is 0.666. The highest BCUT2D eigenvalue weighted by atomic mass is 32.1. The van der Waals surface area contributed by atoms with Gasteiger partial charge in [-0.3, -0.25) is 4.79 Å². The van der Waals surface area contributed by atoms with E-state index in [1.807, 2.05) is 24.3 Å². The minimum atomic E-state index is -2.64. The molecule has 0 radical (unpaired) electrons. The van der Waals surface area contributed by atoms with Crippen LogP contribution >= 0.6 is 11.3 Å². The van der Waals surface area contributed by atoms with Gasteiger partial charge < -0.3 is 14.5 Å². The molecule has 5 rings (SSSR count). The molecule has 3 heterocycles. The molecule has 3 aliphatic rings. The summed E-state index contributed by atoms with van der Waals surface area (Å²) >= 11 is 1.42. The highest BCUT2D eigenvalue weighted by Gasteiger charge is 2.36. The number of hydrogen-bond donors (Lipinski definition) is 0. The molecule has 1 aromatic heterocycles. The smallest absolute Gasteiger partial charge is 0.263 e. The Morgan fingerprint density at radius 1 is 1.03 bits per heavy atom. The second-order valence-corrected chi connectivity index (χ2v) is 9.98. The van der Waals surface area contributed by atoms with Gasteiger partial charge in [-0.05, 0) is 55.3 Å². The molecule has 0 unspecified atom stereocenters. The lowest BCUT2D eigenvalue weighted by molar-refractivity contribution is -0.0493. The van der Waals surface area contributed by atoms with Crippen molar-refractivity contribution in [2.45, 2.75) is 63.0 Å². The first-order valence-corrected chi connectivity index (χ1v) is 11.9. The molecule has 162 valence electrons. The van der Waals surface area contributed by atoms with Crippen molar-refractivity contribution in [1.29, 1.82) is 0 Å². The highest BCUT2D eigenvalue weighted by molar-refractivity contribution is 7.20. The van der Waals surface area contributed by atoms with Gasteiger partial charge in [-0.1, -0.05) is 6.42 Å². The van der Waals surface area contributed by atoms with Crippen molar-refractivity contribution in [3.05, 3.63) is 29.1 Å². The molecular formula is C23H28F2N2O2S. The Morgan fingerprint density at radius 2 is 1.77 bits per heavy atom. The van der Waals surface area contributed by atoms with E-state index in [-0.39, 0.29) is 37.9 Å². The maximum absolute atomic E-state index is 13.4. The van der Waals surface area contributed by atoms with Crippen LogP contribution in [0.1, 0.15) is 54.6 Å². The number of carbonyl (C=O) groups is 1. The predicted molar refractivity (Wildman–Crippen MR) is 115 cm³/mol. The Hall–Kier alpha value is -1.73. The maximum Gasteiger partial charge on any atom is 0.263 e. The van der Waals surface area contributed by atoms with E-state index < -0.39 is 5.92 Å². The highest BCUT2D eigenvalue weighted by Crippen LogP contribution is 2.34. The van der Waals surface area contributed by atoms with Crippen molar-refractivity contribution in [2.75, 3.05) is 26.2 Å². The number of fused-ring (bicyclic) bond motifs is 1. The van der Waals surface area contributed by atoms with Crippen molar-refractivity contribution >= 4 is 27.3 Å². The number of likely N-dealkylation sites (tertiary alicyclic amines) is 2. The molecule has 1 aromatic carbocycles. The van der Waals surface area contributed by atoms with Crippen molar-refractivity contribution in [2.24, 2.45) is 0 Å². The third kappa shape index (κ3) is 4.19. The van der Waals surface area contributed by atoms with Crippen LogP contribution in [0.25, 0.3) is 10.1 Å². The molecule has 2 aromatic rings. The zero-order valence-corrected chi connectivity index (χ0v) is 17.9. The van der Waals surface area contributed by atoms with Crippen molar-refractivity contribution < 1.29 is 18.3 Å². The van der Waals surface area contributed by atoms with E-state index in [4.69, 9.17) is 4.74 Å². The largest absolute Gasteiger partial charge is 0.490 e. The van der Waals surface area contributed by atoms with E-state index in [1.54, 1.807) is 4.90 Å². The minimum absolute atomic E-state index is 0.119. The Labute approximate surface area is 179 Å². The molecule has 0 spiro atoms. The van der Waals surface area contributed by atoms with E-state index in [9.17, 15) is 13.6 Å². The van der Waals surface area contributed by atoms with Crippen LogP contribution in [0.4, 0.5) is 8.78 Å². The van der Waals surface area contributed by atoms with E-state index in [0.717, 1.165) is 47.8 Å². The lowest BCUT2D eigenvalue weighted by Gasteiger charge is -2.41. The Morgan fingerprint density at radius 3 is 2.43 bits per heavy atom. The first-order chi connectivity index (χ1) is 14.5. The van der Waals surface area contributed by atoms with E-state index in [2.05, 4.69) is 4.90 Å². The third-order valence-electron chi connectivity index (χ3n) is 6.85. The molecule has 30 heavy (non-hydrogen) atoms. The average Bonchev–Trinajstić information content (AvgIpc) is 3.11. The molecule has 4 nitrogen and oxygen atoms in total. The standard InChI is InChI=1S/C23H28F2N2O2S/c24-23(25)8-12-27(13-9-23)22(28)21-14-16-4-5-19(15-20(16)30-21)29-18-6-10-26(11-7-18)17-2-1-3-17/h4-5,14-15,17-18H,1-3,6-13H2. The molecule has 0 bridgehead atoms. The van der Waals surface area contributed by atoms with Crippen LogP contribution in [-0.4, -0.2) is 60.0 Å². The zero-order valence-electron chi connectivity index (χ0n) is 17.1. The molecule has 0 N–H and O–H groups in total. The monoisotopic (exact) mass is 434 g/mol. The molecule has 1 amide bonds. The number of thiophene rings is 1. The summed E-state index contributed by atoms with van der Waals surface area (Å²) in [4.78, 5) is 17.5. The SMILES string of the molecule is O=C(c1cc2ccc(OC3CCN(C4CCC4)CC3)cc2s1)N1CCC(F)(F)CC1. The fourth-order valence-electron chi connectivity index (χ4n) is 4.69. The lowest BCUT2D eigenvalue weighted by atomic mass is 9.90. The molecule has 1 aliphatic carbocycles. The van der Waals surface area contributed by atoms with E-state index in [0.29, 0.717) is 4.88 Å². The first-order valence-electron chi connectivity index (χ1n) is 11.1. The number of nitrogens with zero attached hydrogens (tertiary/aromatic N) is 2. The van der Waals surface area contributed by atoms with Crippen LogP contribution in [0.5, 0.6) is 5.75 Å². The summed E-state index contributed by atoms with van der Waals surface area (Å²) in [5.41, 5.74) is 0. The second-order valence-electron chi connectivity index (χ2n) is 8.90. The molecule has 3 fully saturated rings. The van der Waals surface area contributed by atoms with Crippen LogP contribution in [0.2, 0.25) is 0 Å². The van der Waals surface area contributed by atoms with Gasteiger partial charge in [0.2, 0.25) is 0 Å². The van der Waals surface area contributed by atoms with Gasteiger partial charge in [0.25, 0.3) is 11.8 Å². The summed E-state index contributed by atoms with van der Waals surface area (Å²) in [6.45, 7) is 2.47. The van der Waals surface area contributed by atoms with Gasteiger partial charge in [0.15, 0.2) is 0 Å². The van der Waals surface area contributed by atoms with Crippen molar-refractivity contribution in [3.63, 3.8) is 0 Å². The van der Waals surface area contributed by atoms with Crippen molar-refractivity contribution in [3.8, 4) is 5.75 Å². The first kappa shape index (κ1) is 20.2. The number of amides is 1. The van der Waals surface area contributed by atoms with Gasteiger partial charge in [-0.15, -0.1) is 11.3 Å². The van der Waals surface area contributed by atoms with Gasteiger partial charge in [0, 0.05) is 49.8 Å². The normalized spacial score (nSPS) is 23.5. The molecule has 1 saturated carbocycles. The van der Waals surface area contributed by atoms with Gasteiger partial charge in [0.1, 0.15) is 11.9 Å². The summed E-state index contributed by atoms with van der Waals surface area (Å²) in [7, 11) is 0. The number of alkyl halides is 2. The summed E-state index contributed by atoms with van der Waals surface area (Å²) in [5, 5.41) is 0.998. The van der Waals surface area contributed by atoms with Crippen LogP contribution in [-0.2, 0) is 0 Å². The summed E-state index contributed by atoms with van der Waals surface area (Å²) in [5.74, 6) is -1.93. The maximum atomic E-state index is 13.4.